The van der Waals surface area contributed by atoms with E-state index in [1.54, 1.807) is 17.2 Å². The van der Waals surface area contributed by atoms with Gasteiger partial charge in [-0.1, -0.05) is 51.1 Å². The van der Waals surface area contributed by atoms with E-state index in [9.17, 15) is 14.4 Å². The zero-order valence-electron chi connectivity index (χ0n) is 23.1. The molecule has 2 N–H and O–H groups in total. The monoisotopic (exact) mass is 530 g/mol. The summed E-state index contributed by atoms with van der Waals surface area (Å²) in [6.07, 6.45) is 2.49. The molecule has 2 rings (SSSR count). The van der Waals surface area contributed by atoms with Gasteiger partial charge in [0.2, 0.25) is 0 Å². The standard InChI is InChI=1S/C28H42N4O4S/c1-18(2)24(32(6)28(35)29-19(3)4)13-14-25-31-23(17-37-25)26(33)30-22(15-20(5)27(34)36-7)16-21-11-9-8-10-12-21/h8-12,17-20,22,24H,13-16H2,1-7H3,(H,29,35)(H,30,33)/t20-,22+,24+/m0/s1. The first-order valence-corrected chi connectivity index (χ1v) is 13.8. The molecule has 9 heteroatoms. The van der Waals surface area contributed by atoms with Crippen molar-refractivity contribution in [2.45, 2.75) is 78.4 Å². The number of amides is 3. The maximum atomic E-state index is 13.1. The van der Waals surface area contributed by atoms with E-state index in [0.29, 0.717) is 25.0 Å². The van der Waals surface area contributed by atoms with Crippen molar-refractivity contribution in [3.05, 3.63) is 52.0 Å². The minimum absolute atomic E-state index is 0.0509. The highest BCUT2D eigenvalue weighted by atomic mass is 32.1. The molecular formula is C28H42N4O4S. The number of hydrogen-bond donors (Lipinski definition) is 2. The van der Waals surface area contributed by atoms with E-state index < -0.39 is 0 Å². The molecule has 1 aromatic carbocycles. The van der Waals surface area contributed by atoms with E-state index >= 15 is 0 Å². The molecule has 1 heterocycles. The zero-order chi connectivity index (χ0) is 27.5. The van der Waals surface area contributed by atoms with Crippen LogP contribution in [0.15, 0.2) is 35.7 Å². The molecule has 0 aliphatic heterocycles. The number of nitrogens with zero attached hydrogens (tertiary/aromatic N) is 2. The van der Waals surface area contributed by atoms with Crippen LogP contribution in [-0.2, 0) is 22.4 Å². The van der Waals surface area contributed by atoms with E-state index in [4.69, 9.17) is 4.74 Å². The molecule has 8 nitrogen and oxygen atoms in total. The van der Waals surface area contributed by atoms with Crippen molar-refractivity contribution < 1.29 is 19.1 Å². The number of aryl methyl sites for hydroxylation is 1. The average Bonchev–Trinajstić information content (AvgIpc) is 3.32. The molecular weight excluding hydrogens is 488 g/mol. The van der Waals surface area contributed by atoms with Crippen LogP contribution < -0.4 is 10.6 Å². The smallest absolute Gasteiger partial charge is 0.317 e. The fourth-order valence-corrected chi connectivity index (χ4v) is 5.14. The Labute approximate surface area is 225 Å². The molecule has 0 bridgehead atoms. The van der Waals surface area contributed by atoms with Crippen molar-refractivity contribution in [3.63, 3.8) is 0 Å². The predicted molar refractivity (Wildman–Crippen MR) is 148 cm³/mol. The van der Waals surface area contributed by atoms with Crippen molar-refractivity contribution in [2.75, 3.05) is 14.2 Å². The van der Waals surface area contributed by atoms with Gasteiger partial charge >= 0.3 is 12.0 Å². The molecule has 0 aliphatic carbocycles. The molecule has 0 saturated heterocycles. The minimum Gasteiger partial charge on any atom is -0.469 e. The van der Waals surface area contributed by atoms with Crippen molar-refractivity contribution in [3.8, 4) is 0 Å². The number of ether oxygens (including phenoxy) is 1. The third-order valence-electron chi connectivity index (χ3n) is 6.34. The Kier molecular flexibility index (Phi) is 12.0. The summed E-state index contributed by atoms with van der Waals surface area (Å²) in [5, 5.41) is 8.65. The maximum absolute atomic E-state index is 13.1. The second-order valence-corrected chi connectivity index (χ2v) is 11.2. The van der Waals surface area contributed by atoms with Crippen molar-refractivity contribution >= 4 is 29.2 Å². The third kappa shape index (κ3) is 9.80. The minimum atomic E-state index is -0.345. The van der Waals surface area contributed by atoms with Crippen LogP contribution in [0.5, 0.6) is 0 Å². The van der Waals surface area contributed by atoms with Gasteiger partial charge in [-0.2, -0.15) is 0 Å². The highest BCUT2D eigenvalue weighted by Gasteiger charge is 2.25. The molecule has 1 aromatic heterocycles. The second kappa shape index (κ2) is 14.7. The molecule has 0 fully saturated rings. The quantitative estimate of drug-likeness (QED) is 0.366. The number of nitrogens with one attached hydrogen (secondary N) is 2. The van der Waals surface area contributed by atoms with Gasteiger partial charge in [-0.15, -0.1) is 11.3 Å². The molecule has 2 aromatic rings. The largest absolute Gasteiger partial charge is 0.469 e. The molecule has 0 radical (unpaired) electrons. The summed E-state index contributed by atoms with van der Waals surface area (Å²) in [6.45, 7) is 9.90. The number of rotatable bonds is 13. The number of hydrogen-bond acceptors (Lipinski definition) is 6. The van der Waals surface area contributed by atoms with Gasteiger partial charge in [0.15, 0.2) is 0 Å². The van der Waals surface area contributed by atoms with Gasteiger partial charge in [-0.25, -0.2) is 9.78 Å². The van der Waals surface area contributed by atoms with Crippen LogP contribution in [0.4, 0.5) is 4.79 Å². The molecule has 0 aliphatic rings. The van der Waals surface area contributed by atoms with E-state index in [-0.39, 0.29) is 47.9 Å². The van der Waals surface area contributed by atoms with Crippen LogP contribution in [0.3, 0.4) is 0 Å². The summed E-state index contributed by atoms with van der Waals surface area (Å²) >= 11 is 1.45. The van der Waals surface area contributed by atoms with Gasteiger partial charge < -0.3 is 20.3 Å². The zero-order valence-corrected chi connectivity index (χ0v) is 23.9. The summed E-state index contributed by atoms with van der Waals surface area (Å²) in [7, 11) is 3.20. The van der Waals surface area contributed by atoms with Gasteiger partial charge in [-0.3, -0.25) is 9.59 Å². The predicted octanol–water partition coefficient (Wildman–Crippen LogP) is 4.69. The molecule has 0 unspecified atom stereocenters. The number of methoxy groups -OCH3 is 1. The average molecular weight is 531 g/mol. The molecule has 3 amide bonds. The lowest BCUT2D eigenvalue weighted by Crippen LogP contribution is -2.47. The second-order valence-electron chi connectivity index (χ2n) is 10.2. The summed E-state index contributed by atoms with van der Waals surface area (Å²) in [5.41, 5.74) is 1.45. The fourth-order valence-electron chi connectivity index (χ4n) is 4.35. The van der Waals surface area contributed by atoms with E-state index in [1.807, 2.05) is 51.2 Å². The molecule has 0 spiro atoms. The summed E-state index contributed by atoms with van der Waals surface area (Å²) < 4.78 is 4.88. The van der Waals surface area contributed by atoms with Crippen LogP contribution in [-0.4, -0.2) is 60.1 Å². The van der Waals surface area contributed by atoms with E-state index in [1.165, 1.54) is 18.4 Å². The van der Waals surface area contributed by atoms with Crippen molar-refractivity contribution in [1.82, 2.24) is 20.5 Å². The van der Waals surface area contributed by atoms with Crippen LogP contribution in [0.25, 0.3) is 0 Å². The Hall–Kier alpha value is -2.94. The SMILES string of the molecule is COC(=O)[C@@H](C)C[C@H](Cc1ccccc1)NC(=O)c1csc(CC[C@H](C(C)C)N(C)C(=O)NC(C)C)n1. The number of carbonyl (C=O) groups is 3. The summed E-state index contributed by atoms with van der Waals surface area (Å²) in [4.78, 5) is 43.9. The van der Waals surface area contributed by atoms with Gasteiger partial charge in [0.05, 0.1) is 18.0 Å². The first-order valence-electron chi connectivity index (χ1n) is 12.9. The van der Waals surface area contributed by atoms with Gasteiger partial charge in [0, 0.05) is 37.0 Å². The normalized spacial score (nSPS) is 13.6. The fraction of sp³-hybridized carbons (Fsp3) is 0.571. The van der Waals surface area contributed by atoms with Crippen molar-refractivity contribution in [1.29, 1.82) is 0 Å². The molecule has 204 valence electrons. The lowest BCUT2D eigenvalue weighted by molar-refractivity contribution is -0.145. The number of benzene rings is 1. The first kappa shape index (κ1) is 30.3. The van der Waals surface area contributed by atoms with Gasteiger partial charge in [0.25, 0.3) is 5.91 Å². The lowest BCUT2D eigenvalue weighted by atomic mass is 9.96. The number of carbonyl (C=O) groups excluding carboxylic acids is 3. The van der Waals surface area contributed by atoms with Crippen LogP contribution >= 0.6 is 11.3 Å². The third-order valence-corrected chi connectivity index (χ3v) is 7.25. The molecule has 0 saturated carbocycles. The summed E-state index contributed by atoms with van der Waals surface area (Å²) in [5.74, 6) is -0.617. The Morgan fingerprint density at radius 3 is 2.32 bits per heavy atom. The lowest BCUT2D eigenvalue weighted by Gasteiger charge is -2.32. The van der Waals surface area contributed by atoms with Gasteiger partial charge in [-0.05, 0) is 44.6 Å². The number of urea groups is 1. The number of esters is 1. The van der Waals surface area contributed by atoms with Gasteiger partial charge in [0.1, 0.15) is 5.69 Å². The van der Waals surface area contributed by atoms with E-state index in [0.717, 1.165) is 17.0 Å². The Balaban J connectivity index is 2.05. The van der Waals surface area contributed by atoms with Crippen LogP contribution in [0, 0.1) is 11.8 Å². The van der Waals surface area contributed by atoms with Crippen LogP contribution in [0.2, 0.25) is 0 Å². The number of aromatic nitrogens is 1. The van der Waals surface area contributed by atoms with Crippen LogP contribution in [0.1, 0.15) is 68.5 Å². The maximum Gasteiger partial charge on any atom is 0.317 e. The number of thiazole rings is 1. The molecule has 3 atom stereocenters. The molecule has 37 heavy (non-hydrogen) atoms. The van der Waals surface area contributed by atoms with Crippen molar-refractivity contribution in [2.24, 2.45) is 11.8 Å². The Bertz CT molecular complexity index is 1010. The Morgan fingerprint density at radius 1 is 1.05 bits per heavy atom. The first-order chi connectivity index (χ1) is 17.5. The van der Waals surface area contributed by atoms with E-state index in [2.05, 4.69) is 29.5 Å². The summed E-state index contributed by atoms with van der Waals surface area (Å²) in [6, 6.07) is 9.67. The highest BCUT2D eigenvalue weighted by molar-refractivity contribution is 7.09. The Morgan fingerprint density at radius 2 is 1.73 bits per heavy atom. The highest BCUT2D eigenvalue weighted by Crippen LogP contribution is 2.20. The topological polar surface area (TPSA) is 101 Å².